The van der Waals surface area contributed by atoms with E-state index in [0.717, 1.165) is 32.5 Å². The summed E-state index contributed by atoms with van der Waals surface area (Å²) in [7, 11) is 0. The third kappa shape index (κ3) is 13.9. The largest absolute Gasteiger partial charge is 0.381 e. The predicted molar refractivity (Wildman–Crippen MR) is 68.2 cm³/mol. The second kappa shape index (κ2) is 14.9. The van der Waals surface area contributed by atoms with Gasteiger partial charge in [-0.1, -0.05) is 51.9 Å². The van der Waals surface area contributed by atoms with Gasteiger partial charge in [0.1, 0.15) is 0 Å². The third-order valence-electron chi connectivity index (χ3n) is 2.83. The van der Waals surface area contributed by atoms with Crippen molar-refractivity contribution < 1.29 is 9.84 Å². The second-order valence-corrected chi connectivity index (χ2v) is 4.50. The SMILES string of the molecule is CCCCCCCOCCCCCCC[O]. The fourth-order valence-electron chi connectivity index (χ4n) is 1.75. The highest BCUT2D eigenvalue weighted by molar-refractivity contribution is 4.44. The van der Waals surface area contributed by atoms with Gasteiger partial charge in [0, 0.05) is 13.2 Å². The molecule has 0 aliphatic rings. The lowest BCUT2D eigenvalue weighted by Crippen LogP contribution is -1.97. The van der Waals surface area contributed by atoms with Crippen LogP contribution in [0.15, 0.2) is 0 Å². The number of hydrogen-bond donors (Lipinski definition) is 0. The Morgan fingerprint density at radius 1 is 0.688 bits per heavy atom. The van der Waals surface area contributed by atoms with Crippen molar-refractivity contribution >= 4 is 0 Å². The van der Waals surface area contributed by atoms with Gasteiger partial charge in [0.15, 0.2) is 0 Å². The summed E-state index contributed by atoms with van der Waals surface area (Å²) in [6.45, 7) is 4.17. The number of rotatable bonds is 13. The van der Waals surface area contributed by atoms with Gasteiger partial charge in [-0.2, -0.15) is 0 Å². The average molecular weight is 229 g/mol. The standard InChI is InChI=1S/C14H29O2/c1-2-3-4-7-10-13-16-14-11-8-5-6-9-12-15/h2-14H2,1H3. The molecule has 0 aliphatic heterocycles. The van der Waals surface area contributed by atoms with Crippen LogP contribution in [0.1, 0.15) is 71.1 Å². The second-order valence-electron chi connectivity index (χ2n) is 4.50. The van der Waals surface area contributed by atoms with Gasteiger partial charge in [0.05, 0.1) is 6.61 Å². The van der Waals surface area contributed by atoms with E-state index in [4.69, 9.17) is 4.74 Å². The normalized spacial score (nSPS) is 10.9. The molecule has 0 bridgehead atoms. The minimum absolute atomic E-state index is 0.0915. The zero-order valence-corrected chi connectivity index (χ0v) is 11.0. The van der Waals surface area contributed by atoms with Crippen LogP contribution in [0.3, 0.4) is 0 Å². The van der Waals surface area contributed by atoms with Crippen LogP contribution in [0.4, 0.5) is 0 Å². The van der Waals surface area contributed by atoms with E-state index >= 15 is 0 Å². The lowest BCUT2D eigenvalue weighted by molar-refractivity contribution is 0.125. The van der Waals surface area contributed by atoms with Crippen molar-refractivity contribution in [2.75, 3.05) is 19.8 Å². The number of ether oxygens (including phenoxy) is 1. The predicted octanol–water partition coefficient (Wildman–Crippen LogP) is 4.35. The highest BCUT2D eigenvalue weighted by atomic mass is 16.5. The molecule has 97 valence electrons. The molecule has 2 nitrogen and oxygen atoms in total. The molecule has 2 heteroatoms. The zero-order chi connectivity index (χ0) is 11.9. The van der Waals surface area contributed by atoms with Crippen molar-refractivity contribution in [2.45, 2.75) is 71.1 Å². The summed E-state index contributed by atoms with van der Waals surface area (Å²) in [6.07, 6.45) is 12.1. The van der Waals surface area contributed by atoms with Gasteiger partial charge in [-0.15, -0.1) is 0 Å². The van der Waals surface area contributed by atoms with Crippen LogP contribution in [0.25, 0.3) is 0 Å². The molecule has 16 heavy (non-hydrogen) atoms. The number of unbranched alkanes of at least 4 members (excludes halogenated alkanes) is 8. The first kappa shape index (κ1) is 15.9. The average Bonchev–Trinajstić information content (AvgIpc) is 2.31. The van der Waals surface area contributed by atoms with Crippen molar-refractivity contribution in [3.63, 3.8) is 0 Å². The Kier molecular flexibility index (Phi) is 14.8. The van der Waals surface area contributed by atoms with Crippen molar-refractivity contribution in [2.24, 2.45) is 0 Å². The maximum atomic E-state index is 10.2. The lowest BCUT2D eigenvalue weighted by Gasteiger charge is -2.04. The fraction of sp³-hybridized carbons (Fsp3) is 1.00. The van der Waals surface area contributed by atoms with E-state index in [2.05, 4.69) is 6.92 Å². The molecule has 0 spiro atoms. The fourth-order valence-corrected chi connectivity index (χ4v) is 1.75. The topological polar surface area (TPSA) is 29.1 Å². The Morgan fingerprint density at radius 3 is 1.75 bits per heavy atom. The number of hydrogen-bond acceptors (Lipinski definition) is 1. The molecule has 0 aromatic carbocycles. The van der Waals surface area contributed by atoms with E-state index in [1.165, 1.54) is 44.9 Å². The maximum absolute atomic E-state index is 10.2. The summed E-state index contributed by atoms with van der Waals surface area (Å²) < 4.78 is 5.56. The summed E-state index contributed by atoms with van der Waals surface area (Å²) >= 11 is 0. The minimum atomic E-state index is 0.0915. The van der Waals surface area contributed by atoms with Crippen molar-refractivity contribution in [3.05, 3.63) is 0 Å². The Bertz CT molecular complexity index is 101. The highest BCUT2D eigenvalue weighted by Gasteiger charge is 1.92. The van der Waals surface area contributed by atoms with Gasteiger partial charge in [-0.3, -0.25) is 0 Å². The van der Waals surface area contributed by atoms with E-state index in [1.54, 1.807) is 0 Å². The molecule has 0 fully saturated rings. The van der Waals surface area contributed by atoms with Crippen molar-refractivity contribution in [1.82, 2.24) is 0 Å². The van der Waals surface area contributed by atoms with Gasteiger partial charge in [0.2, 0.25) is 0 Å². The third-order valence-corrected chi connectivity index (χ3v) is 2.83. The van der Waals surface area contributed by atoms with Crippen LogP contribution in [-0.2, 0) is 9.84 Å². The van der Waals surface area contributed by atoms with Crippen LogP contribution >= 0.6 is 0 Å². The molecule has 0 aliphatic carbocycles. The van der Waals surface area contributed by atoms with Crippen LogP contribution in [-0.4, -0.2) is 19.8 Å². The maximum Gasteiger partial charge on any atom is 0.0822 e. The van der Waals surface area contributed by atoms with E-state index in [1.807, 2.05) is 0 Å². The van der Waals surface area contributed by atoms with Crippen LogP contribution in [0.5, 0.6) is 0 Å². The van der Waals surface area contributed by atoms with Crippen molar-refractivity contribution in [1.29, 1.82) is 0 Å². The summed E-state index contributed by atoms with van der Waals surface area (Å²) in [6, 6.07) is 0. The molecule has 0 N–H and O–H groups in total. The van der Waals surface area contributed by atoms with E-state index in [-0.39, 0.29) is 6.61 Å². The van der Waals surface area contributed by atoms with Gasteiger partial charge in [-0.25, -0.2) is 5.11 Å². The Hall–Kier alpha value is -0.0800. The highest BCUT2D eigenvalue weighted by Crippen LogP contribution is 2.04. The first-order valence-electron chi connectivity index (χ1n) is 7.07. The van der Waals surface area contributed by atoms with Gasteiger partial charge in [-0.05, 0) is 19.3 Å². The molecular weight excluding hydrogens is 200 g/mol. The van der Waals surface area contributed by atoms with E-state index in [0.29, 0.717) is 0 Å². The molecule has 0 aromatic heterocycles. The van der Waals surface area contributed by atoms with E-state index < -0.39 is 0 Å². The monoisotopic (exact) mass is 229 g/mol. The smallest absolute Gasteiger partial charge is 0.0822 e. The molecule has 0 atom stereocenters. The summed E-state index contributed by atoms with van der Waals surface area (Å²) in [5.41, 5.74) is 0. The molecule has 0 aromatic rings. The first-order chi connectivity index (χ1) is 7.91. The summed E-state index contributed by atoms with van der Waals surface area (Å²) in [4.78, 5) is 0. The van der Waals surface area contributed by atoms with E-state index in [9.17, 15) is 5.11 Å². The summed E-state index contributed by atoms with van der Waals surface area (Å²) in [5, 5.41) is 10.2. The Morgan fingerprint density at radius 2 is 1.19 bits per heavy atom. The van der Waals surface area contributed by atoms with Gasteiger partial charge >= 0.3 is 0 Å². The molecule has 0 saturated carbocycles. The molecule has 0 saturated heterocycles. The van der Waals surface area contributed by atoms with Gasteiger partial charge in [0.25, 0.3) is 0 Å². The molecular formula is C14H29O2. The van der Waals surface area contributed by atoms with Crippen LogP contribution < -0.4 is 0 Å². The molecule has 0 amide bonds. The lowest BCUT2D eigenvalue weighted by atomic mass is 10.1. The van der Waals surface area contributed by atoms with Gasteiger partial charge < -0.3 is 4.74 Å². The van der Waals surface area contributed by atoms with Crippen LogP contribution in [0, 0.1) is 0 Å². The molecule has 0 rings (SSSR count). The Labute approximate surface area is 101 Å². The molecule has 0 unspecified atom stereocenters. The molecule has 0 heterocycles. The Balaban J connectivity index is 2.83. The minimum Gasteiger partial charge on any atom is -0.381 e. The quantitative estimate of drug-likeness (QED) is 0.432. The molecule has 1 radical (unpaired) electrons. The first-order valence-corrected chi connectivity index (χ1v) is 7.07. The zero-order valence-electron chi connectivity index (χ0n) is 11.0. The summed E-state index contributed by atoms with van der Waals surface area (Å²) in [5.74, 6) is 0. The van der Waals surface area contributed by atoms with Crippen molar-refractivity contribution in [3.8, 4) is 0 Å². The van der Waals surface area contributed by atoms with Crippen LogP contribution in [0.2, 0.25) is 0 Å².